The van der Waals surface area contributed by atoms with E-state index in [-0.39, 0.29) is 11.1 Å². The molecule has 1 aromatic heterocycles. The van der Waals surface area contributed by atoms with Gasteiger partial charge in [-0.1, -0.05) is 12.2 Å². The van der Waals surface area contributed by atoms with Crippen molar-refractivity contribution in [2.24, 2.45) is 11.5 Å². The maximum atomic E-state index is 11.7. The fraction of sp³-hybridized carbons (Fsp3) is 0.375. The highest BCUT2D eigenvalue weighted by molar-refractivity contribution is 5.96. The largest absolute Gasteiger partial charge is 0.491 e. The molecule has 3 rings (SSSR count). The number of nitrogens with one attached hydrogen (secondary N) is 2. The van der Waals surface area contributed by atoms with E-state index in [0.29, 0.717) is 48.3 Å². The molecule has 1 fully saturated rings. The van der Waals surface area contributed by atoms with E-state index in [1.165, 1.54) is 18.3 Å². The van der Waals surface area contributed by atoms with Gasteiger partial charge in [0.1, 0.15) is 17.3 Å². The third kappa shape index (κ3) is 7.75. The minimum absolute atomic E-state index is 0.247. The number of nitrogens with two attached hydrogens (primary N) is 4. The number of amides is 2. The number of aromatic nitrogens is 1. The van der Waals surface area contributed by atoms with Gasteiger partial charge in [-0.15, -0.1) is 0 Å². The van der Waals surface area contributed by atoms with E-state index in [2.05, 4.69) is 20.5 Å². The Morgan fingerprint density at radius 1 is 1.00 bits per heavy atom. The van der Waals surface area contributed by atoms with Gasteiger partial charge in [0.2, 0.25) is 11.8 Å². The van der Waals surface area contributed by atoms with Gasteiger partial charge in [0.05, 0.1) is 36.8 Å². The average Bonchev–Trinajstić information content (AvgIpc) is 2.86. The van der Waals surface area contributed by atoms with Crippen molar-refractivity contribution in [3.05, 3.63) is 47.7 Å². The molecule has 1 aliphatic rings. The van der Waals surface area contributed by atoms with Crippen LogP contribution in [0.2, 0.25) is 0 Å². The van der Waals surface area contributed by atoms with Crippen LogP contribution >= 0.6 is 0 Å². The summed E-state index contributed by atoms with van der Waals surface area (Å²) < 4.78 is 11.3. The molecule has 12 heteroatoms. The summed E-state index contributed by atoms with van der Waals surface area (Å²) in [5.74, 6) is -0.232. The van der Waals surface area contributed by atoms with Crippen LogP contribution in [0.1, 0.15) is 27.1 Å². The van der Waals surface area contributed by atoms with Gasteiger partial charge in [-0.05, 0) is 24.6 Å². The zero-order chi connectivity index (χ0) is 25.9. The number of hydrogen-bond donors (Lipinski definition) is 6. The van der Waals surface area contributed by atoms with Gasteiger partial charge in [-0.3, -0.25) is 14.5 Å². The lowest BCUT2D eigenvalue weighted by molar-refractivity contribution is 0.0358. The number of pyridine rings is 1. The van der Waals surface area contributed by atoms with E-state index in [0.717, 1.165) is 39.3 Å². The Morgan fingerprint density at radius 3 is 2.33 bits per heavy atom. The maximum Gasteiger partial charge on any atom is 0.250 e. The van der Waals surface area contributed by atoms with Crippen LogP contribution in [0, 0.1) is 0 Å². The fourth-order valence-corrected chi connectivity index (χ4v) is 3.62. The number of ether oxygens (including phenoxy) is 2. The molecule has 12 nitrogen and oxygen atoms in total. The molecular formula is C24H34N8O4. The second-order valence-electron chi connectivity index (χ2n) is 8.22. The van der Waals surface area contributed by atoms with Crippen molar-refractivity contribution in [1.82, 2.24) is 9.88 Å². The number of rotatable bonds is 13. The highest BCUT2D eigenvalue weighted by Gasteiger charge is 2.14. The van der Waals surface area contributed by atoms with E-state index >= 15 is 0 Å². The molecule has 0 radical (unpaired) electrons. The molecular weight excluding hydrogens is 464 g/mol. The first-order chi connectivity index (χ1) is 17.3. The molecule has 1 aromatic carbocycles. The molecule has 10 N–H and O–H groups in total. The second kappa shape index (κ2) is 13.2. The van der Waals surface area contributed by atoms with Gasteiger partial charge in [-0.25, -0.2) is 4.98 Å². The minimum Gasteiger partial charge on any atom is -0.491 e. The van der Waals surface area contributed by atoms with Crippen LogP contribution < -0.4 is 38.3 Å². The van der Waals surface area contributed by atoms with Crippen molar-refractivity contribution in [1.29, 1.82) is 0 Å². The summed E-state index contributed by atoms with van der Waals surface area (Å²) in [6.07, 6.45) is 5.97. The number of carbonyl (C=O) groups is 2. The lowest BCUT2D eigenvalue weighted by Crippen LogP contribution is -2.37. The van der Waals surface area contributed by atoms with Crippen molar-refractivity contribution < 1.29 is 19.1 Å². The van der Waals surface area contributed by atoms with Gasteiger partial charge in [0.15, 0.2) is 0 Å². The van der Waals surface area contributed by atoms with Crippen LogP contribution in [0.5, 0.6) is 5.75 Å². The summed E-state index contributed by atoms with van der Waals surface area (Å²) in [5, 5.41) is 6.30. The molecule has 1 aliphatic heterocycles. The number of benzene rings is 1. The van der Waals surface area contributed by atoms with E-state index in [1.54, 1.807) is 6.07 Å². The Hall–Kier alpha value is -4.03. The fourth-order valence-electron chi connectivity index (χ4n) is 3.62. The topological polar surface area (TPSA) is 197 Å². The van der Waals surface area contributed by atoms with Crippen LogP contribution in [0.25, 0.3) is 0 Å². The van der Waals surface area contributed by atoms with Crippen LogP contribution in [-0.2, 0) is 4.74 Å². The van der Waals surface area contributed by atoms with E-state index < -0.39 is 11.8 Å². The molecule has 0 spiro atoms. The number of nitrogen functional groups attached to an aromatic ring is 2. The SMILES string of the molecule is NC(=O)c1cnc(NC/C=C/CNc2c(N)cc(C(N)=O)cc2OCCCN2CCOCC2)c(N)c1. The van der Waals surface area contributed by atoms with Crippen molar-refractivity contribution in [3.8, 4) is 5.75 Å². The van der Waals surface area contributed by atoms with Crippen LogP contribution in [0.15, 0.2) is 36.5 Å². The zero-order valence-corrected chi connectivity index (χ0v) is 20.2. The van der Waals surface area contributed by atoms with Crippen molar-refractivity contribution >= 4 is 34.7 Å². The van der Waals surface area contributed by atoms with Crippen LogP contribution in [0.3, 0.4) is 0 Å². The lowest BCUT2D eigenvalue weighted by atomic mass is 10.1. The maximum absolute atomic E-state index is 11.7. The summed E-state index contributed by atoms with van der Waals surface area (Å²) >= 11 is 0. The Morgan fingerprint density at radius 2 is 1.67 bits per heavy atom. The summed E-state index contributed by atoms with van der Waals surface area (Å²) in [6, 6.07) is 4.61. The number of anilines is 4. The number of carbonyl (C=O) groups excluding carboxylic acids is 2. The Balaban J connectivity index is 1.52. The number of hydrogen-bond acceptors (Lipinski definition) is 10. The van der Waals surface area contributed by atoms with E-state index in [4.69, 9.17) is 32.4 Å². The Labute approximate surface area is 210 Å². The molecule has 0 aliphatic carbocycles. The molecule has 0 atom stereocenters. The molecule has 0 bridgehead atoms. The molecule has 0 saturated carbocycles. The number of morpholine rings is 1. The number of primary amides is 2. The molecule has 2 amide bonds. The van der Waals surface area contributed by atoms with E-state index in [9.17, 15) is 9.59 Å². The smallest absolute Gasteiger partial charge is 0.250 e. The van der Waals surface area contributed by atoms with Crippen LogP contribution in [-0.4, -0.2) is 74.2 Å². The van der Waals surface area contributed by atoms with Crippen molar-refractivity contribution in [2.45, 2.75) is 6.42 Å². The van der Waals surface area contributed by atoms with Gasteiger partial charge >= 0.3 is 0 Å². The summed E-state index contributed by atoms with van der Waals surface area (Å²) in [4.78, 5) is 29.3. The monoisotopic (exact) mass is 498 g/mol. The molecule has 0 unspecified atom stereocenters. The molecule has 2 heterocycles. The predicted molar refractivity (Wildman–Crippen MR) is 140 cm³/mol. The van der Waals surface area contributed by atoms with Crippen molar-refractivity contribution in [3.63, 3.8) is 0 Å². The summed E-state index contributed by atoms with van der Waals surface area (Å²) in [5.41, 5.74) is 24.6. The first kappa shape index (κ1) is 26.6. The first-order valence-corrected chi connectivity index (χ1v) is 11.7. The Bertz CT molecular complexity index is 1090. The van der Waals surface area contributed by atoms with Gasteiger partial charge in [-0.2, -0.15) is 0 Å². The molecule has 36 heavy (non-hydrogen) atoms. The predicted octanol–water partition coefficient (Wildman–Crippen LogP) is 0.625. The minimum atomic E-state index is -0.588. The molecule has 194 valence electrons. The Kier molecular flexibility index (Phi) is 9.72. The highest BCUT2D eigenvalue weighted by Crippen LogP contribution is 2.32. The summed E-state index contributed by atoms with van der Waals surface area (Å²) in [7, 11) is 0. The zero-order valence-electron chi connectivity index (χ0n) is 20.2. The van der Waals surface area contributed by atoms with Gasteiger partial charge < -0.3 is 43.0 Å². The third-order valence-electron chi connectivity index (χ3n) is 5.55. The van der Waals surface area contributed by atoms with Crippen LogP contribution in [0.4, 0.5) is 22.9 Å². The quantitative estimate of drug-likeness (QED) is 0.129. The second-order valence-corrected chi connectivity index (χ2v) is 8.22. The number of nitrogens with zero attached hydrogens (tertiary/aromatic N) is 2. The van der Waals surface area contributed by atoms with Gasteiger partial charge in [0.25, 0.3) is 0 Å². The third-order valence-corrected chi connectivity index (χ3v) is 5.55. The van der Waals surface area contributed by atoms with Crippen molar-refractivity contribution in [2.75, 3.05) is 74.6 Å². The first-order valence-electron chi connectivity index (χ1n) is 11.7. The molecule has 2 aromatic rings. The highest BCUT2D eigenvalue weighted by atomic mass is 16.5. The lowest BCUT2D eigenvalue weighted by Gasteiger charge is -2.26. The standard InChI is InChI=1S/C24H34N8O4/c25-18-12-16(22(27)33)14-20(36-9-3-6-32-7-10-35-11-8-32)21(18)29-4-1-2-5-30-24-19(26)13-17(15-31-24)23(28)34/h1-2,12-15,29H,3-11,25-26H2,(H2,27,33)(H2,28,34)(H,30,31)/b2-1+. The average molecular weight is 499 g/mol. The normalized spacial score (nSPS) is 14.0. The van der Waals surface area contributed by atoms with E-state index in [1.807, 2.05) is 12.2 Å². The van der Waals surface area contributed by atoms with Gasteiger partial charge in [0, 0.05) is 44.5 Å². The summed E-state index contributed by atoms with van der Waals surface area (Å²) in [6.45, 7) is 5.61. The molecule has 1 saturated heterocycles.